The highest BCUT2D eigenvalue weighted by Crippen LogP contribution is 2.61. The predicted octanol–water partition coefficient (Wildman–Crippen LogP) is 5.08. The maximum Gasteiger partial charge on any atom is 0.318 e. The highest BCUT2D eigenvalue weighted by Gasteiger charge is 2.55. The minimum absolute atomic E-state index is 0.210. The largest absolute Gasteiger partial charge is 0.420 e. The van der Waals surface area contributed by atoms with Gasteiger partial charge in [0.25, 0.3) is 0 Å². The highest BCUT2D eigenvalue weighted by atomic mass is 32.2. The van der Waals surface area contributed by atoms with Gasteiger partial charge in [0.2, 0.25) is 17.4 Å². The molecule has 5 nitrogen and oxygen atoms in total. The van der Waals surface area contributed by atoms with Gasteiger partial charge in [-0.25, -0.2) is 8.78 Å². The SMILES string of the molecule is CC1(C(=O)Oc2c(F)c(F)c(S(=O)(=O)O)c(F)c2F)CC2c3ccccc3C1c1ccccc12. The van der Waals surface area contributed by atoms with Crippen molar-refractivity contribution in [1.29, 1.82) is 0 Å². The van der Waals surface area contributed by atoms with Crippen molar-refractivity contribution < 1.29 is 40.1 Å². The number of ether oxygens (including phenoxy) is 1. The van der Waals surface area contributed by atoms with Crippen LogP contribution in [0.25, 0.3) is 0 Å². The quantitative estimate of drug-likeness (QED) is 0.181. The van der Waals surface area contributed by atoms with Gasteiger partial charge >= 0.3 is 16.1 Å². The maximum absolute atomic E-state index is 14.5. The lowest BCUT2D eigenvalue weighted by atomic mass is 9.53. The molecule has 10 heteroatoms. The number of hydrogen-bond donors (Lipinski definition) is 1. The molecule has 0 spiro atoms. The van der Waals surface area contributed by atoms with Gasteiger partial charge in [-0.1, -0.05) is 48.5 Å². The second-order valence-corrected chi connectivity index (χ2v) is 10.0. The molecule has 6 rings (SSSR count). The Labute approximate surface area is 191 Å². The summed E-state index contributed by atoms with van der Waals surface area (Å²) >= 11 is 0. The fourth-order valence-corrected chi connectivity index (χ4v) is 5.92. The van der Waals surface area contributed by atoms with Crippen LogP contribution in [0.5, 0.6) is 5.75 Å². The molecule has 0 heterocycles. The summed E-state index contributed by atoms with van der Waals surface area (Å²) in [5.74, 6) is -12.9. The lowest BCUT2D eigenvalue weighted by molar-refractivity contribution is -0.147. The Morgan fingerprint density at radius 2 is 1.32 bits per heavy atom. The van der Waals surface area contributed by atoms with E-state index < -0.39 is 61.3 Å². The standard InChI is InChI=1S/C24H16F4O5S/c1-24(23(29)33-21-17(25)19(27)22(34(30,31)32)20(28)18(21)26)10-15-11-6-2-4-8-13(11)16(24)14-9-5-3-7-12(14)15/h2-9,15-16H,10H2,1H3,(H,30,31,32). The van der Waals surface area contributed by atoms with E-state index in [0.717, 1.165) is 22.3 Å². The van der Waals surface area contributed by atoms with E-state index in [2.05, 4.69) is 0 Å². The molecule has 0 aliphatic heterocycles. The molecule has 34 heavy (non-hydrogen) atoms. The van der Waals surface area contributed by atoms with E-state index in [1.807, 2.05) is 36.4 Å². The van der Waals surface area contributed by atoms with Gasteiger partial charge in [0.1, 0.15) is 0 Å². The molecule has 0 aromatic heterocycles. The Morgan fingerprint density at radius 1 is 0.882 bits per heavy atom. The van der Waals surface area contributed by atoms with Crippen molar-refractivity contribution in [1.82, 2.24) is 0 Å². The Bertz CT molecular complexity index is 1410. The summed E-state index contributed by atoms with van der Waals surface area (Å²) in [6.45, 7) is 1.55. The molecule has 1 atom stereocenters. The van der Waals surface area contributed by atoms with Crippen molar-refractivity contribution in [2.24, 2.45) is 5.41 Å². The number of hydrogen-bond acceptors (Lipinski definition) is 4. The smallest absolute Gasteiger partial charge is 0.318 e. The third-order valence-electron chi connectivity index (χ3n) is 6.73. The number of carbonyl (C=O) groups is 1. The molecule has 176 valence electrons. The van der Waals surface area contributed by atoms with Gasteiger partial charge in [0.15, 0.2) is 16.5 Å². The minimum Gasteiger partial charge on any atom is -0.420 e. The molecule has 0 fully saturated rings. The van der Waals surface area contributed by atoms with Crippen LogP contribution in [0.15, 0.2) is 53.4 Å². The topological polar surface area (TPSA) is 80.7 Å². The fourth-order valence-electron chi connectivity index (χ4n) is 5.28. The molecule has 0 saturated heterocycles. The summed E-state index contributed by atoms with van der Waals surface area (Å²) in [6, 6.07) is 14.9. The van der Waals surface area contributed by atoms with Crippen molar-refractivity contribution in [2.75, 3.05) is 0 Å². The molecular formula is C24H16F4O5S. The van der Waals surface area contributed by atoms with Crippen LogP contribution in [0, 0.1) is 28.7 Å². The van der Waals surface area contributed by atoms with Gasteiger partial charge in [-0.05, 0) is 35.6 Å². The van der Waals surface area contributed by atoms with Crippen LogP contribution in [0.2, 0.25) is 0 Å². The Balaban J connectivity index is 1.62. The molecule has 3 aliphatic carbocycles. The molecule has 3 aromatic carbocycles. The zero-order valence-electron chi connectivity index (χ0n) is 17.5. The first-order chi connectivity index (χ1) is 16.0. The molecule has 1 N–H and O–H groups in total. The monoisotopic (exact) mass is 492 g/mol. The van der Waals surface area contributed by atoms with Crippen LogP contribution >= 0.6 is 0 Å². The van der Waals surface area contributed by atoms with E-state index in [1.54, 1.807) is 19.1 Å². The Kier molecular flexibility index (Phi) is 4.89. The number of esters is 1. The van der Waals surface area contributed by atoms with Crippen molar-refractivity contribution in [3.05, 3.63) is 94.1 Å². The number of carbonyl (C=O) groups excluding carboxylic acids is 1. The van der Waals surface area contributed by atoms with Crippen LogP contribution in [0.4, 0.5) is 17.6 Å². The van der Waals surface area contributed by atoms with Crippen molar-refractivity contribution in [3.63, 3.8) is 0 Å². The number of halogens is 4. The van der Waals surface area contributed by atoms with Gasteiger partial charge in [0.05, 0.1) is 5.41 Å². The second kappa shape index (κ2) is 7.38. The molecule has 0 amide bonds. The first-order valence-electron chi connectivity index (χ1n) is 10.2. The molecule has 3 aromatic rings. The zero-order chi connectivity index (χ0) is 24.6. The lowest BCUT2D eigenvalue weighted by Gasteiger charge is -2.50. The van der Waals surface area contributed by atoms with E-state index in [9.17, 15) is 30.8 Å². The van der Waals surface area contributed by atoms with E-state index in [-0.39, 0.29) is 12.3 Å². The van der Waals surface area contributed by atoms with Gasteiger partial charge in [0, 0.05) is 11.8 Å². The van der Waals surface area contributed by atoms with E-state index in [4.69, 9.17) is 9.29 Å². The van der Waals surface area contributed by atoms with Gasteiger partial charge in [-0.2, -0.15) is 17.2 Å². The molecule has 2 bridgehead atoms. The first kappa shape index (κ1) is 22.5. The van der Waals surface area contributed by atoms with Crippen molar-refractivity contribution in [2.45, 2.75) is 30.1 Å². The summed E-state index contributed by atoms with van der Waals surface area (Å²) in [5.41, 5.74) is 2.31. The number of benzene rings is 3. The third kappa shape index (κ3) is 3.01. The van der Waals surface area contributed by atoms with Gasteiger partial charge < -0.3 is 4.74 Å². The minimum atomic E-state index is -5.63. The predicted molar refractivity (Wildman–Crippen MR) is 111 cm³/mol. The van der Waals surface area contributed by atoms with E-state index >= 15 is 0 Å². The lowest BCUT2D eigenvalue weighted by Crippen LogP contribution is -2.46. The molecule has 3 aliphatic rings. The summed E-state index contributed by atoms with van der Waals surface area (Å²) in [4.78, 5) is 11.1. The highest BCUT2D eigenvalue weighted by molar-refractivity contribution is 7.85. The van der Waals surface area contributed by atoms with Crippen molar-refractivity contribution >= 4 is 16.1 Å². The molecule has 0 saturated carbocycles. The Morgan fingerprint density at radius 3 is 1.76 bits per heavy atom. The van der Waals surface area contributed by atoms with Crippen LogP contribution in [-0.2, 0) is 14.9 Å². The second-order valence-electron chi connectivity index (χ2n) is 8.64. The van der Waals surface area contributed by atoms with Crippen LogP contribution < -0.4 is 4.74 Å². The maximum atomic E-state index is 14.5. The number of rotatable bonds is 3. The molecule has 1 unspecified atom stereocenters. The summed E-state index contributed by atoms with van der Waals surface area (Å²) in [7, 11) is -5.63. The average molecular weight is 492 g/mol. The zero-order valence-corrected chi connectivity index (χ0v) is 18.3. The van der Waals surface area contributed by atoms with E-state index in [1.165, 1.54) is 0 Å². The van der Waals surface area contributed by atoms with Gasteiger partial charge in [-0.3, -0.25) is 9.35 Å². The summed E-state index contributed by atoms with van der Waals surface area (Å²) in [6.07, 6.45) is 0.210. The summed E-state index contributed by atoms with van der Waals surface area (Å²) in [5, 5.41) is 0. The van der Waals surface area contributed by atoms with Crippen LogP contribution in [0.1, 0.15) is 47.4 Å². The summed E-state index contributed by atoms with van der Waals surface area (Å²) < 4.78 is 93.6. The number of fused-ring (bicyclic) bond motifs is 1. The van der Waals surface area contributed by atoms with Crippen molar-refractivity contribution in [3.8, 4) is 5.75 Å². The van der Waals surface area contributed by atoms with Crippen LogP contribution in [-0.4, -0.2) is 18.9 Å². The molecule has 0 radical (unpaired) electrons. The van der Waals surface area contributed by atoms with E-state index in [0.29, 0.717) is 0 Å². The van der Waals surface area contributed by atoms with Gasteiger partial charge in [-0.15, -0.1) is 0 Å². The fraction of sp³-hybridized carbons (Fsp3) is 0.208. The van der Waals surface area contributed by atoms with Crippen LogP contribution in [0.3, 0.4) is 0 Å². The Hall–Kier alpha value is -3.24. The normalized spacial score (nSPS) is 22.8. The third-order valence-corrected chi connectivity index (χ3v) is 7.61. The average Bonchev–Trinajstić information content (AvgIpc) is 2.79. The first-order valence-corrected chi connectivity index (χ1v) is 11.6. The molecular weight excluding hydrogens is 476 g/mol.